The van der Waals surface area contributed by atoms with E-state index in [1.807, 2.05) is 43.3 Å². The van der Waals surface area contributed by atoms with E-state index >= 15 is 0 Å². The van der Waals surface area contributed by atoms with E-state index in [1.54, 1.807) is 24.3 Å². The first-order chi connectivity index (χ1) is 18.4. The summed E-state index contributed by atoms with van der Waals surface area (Å²) >= 11 is 3.10. The van der Waals surface area contributed by atoms with E-state index in [9.17, 15) is 14.4 Å². The van der Waals surface area contributed by atoms with Crippen LogP contribution in [-0.2, 0) is 17.8 Å². The number of benzene rings is 3. The number of aromatic carboxylic acids is 1. The fraction of sp³-hybridized carbons (Fsp3) is 0.207. The minimum atomic E-state index is -0.980. The Morgan fingerprint density at radius 1 is 1.03 bits per heavy atom. The summed E-state index contributed by atoms with van der Waals surface area (Å²) in [6.45, 7) is 2.89. The van der Waals surface area contributed by atoms with Gasteiger partial charge in [0.25, 0.3) is 11.1 Å². The number of hydrogen-bond donors (Lipinski definition) is 1. The first kappa shape index (κ1) is 27.7. The van der Waals surface area contributed by atoms with Crippen molar-refractivity contribution >= 4 is 57.5 Å². The molecule has 9 heteroatoms. The molecule has 0 spiro atoms. The molecule has 0 aromatic heterocycles. The van der Waals surface area contributed by atoms with Crippen molar-refractivity contribution in [2.75, 3.05) is 13.2 Å². The lowest BCUT2D eigenvalue weighted by Gasteiger charge is -2.15. The van der Waals surface area contributed by atoms with Crippen molar-refractivity contribution in [1.82, 2.24) is 4.90 Å². The number of nitrogens with zero attached hydrogens (tertiary/aromatic N) is 1. The van der Waals surface area contributed by atoms with Crippen LogP contribution in [0.2, 0.25) is 0 Å². The fourth-order valence-electron chi connectivity index (χ4n) is 3.90. The number of hydrogen-bond acceptors (Lipinski definition) is 6. The molecule has 1 heterocycles. The van der Waals surface area contributed by atoms with Gasteiger partial charge < -0.3 is 14.6 Å². The van der Waals surface area contributed by atoms with E-state index in [1.165, 1.54) is 22.6 Å². The minimum absolute atomic E-state index is 0.211. The van der Waals surface area contributed by atoms with Crippen molar-refractivity contribution in [3.63, 3.8) is 0 Å². The molecule has 38 heavy (non-hydrogen) atoms. The SMILES string of the molecule is CCOc1cc(/C=C2/SC(=O)N(CCCc3ccccc3)C2=O)cc(I)c1OCc1ccc(C(=O)O)cc1. The first-order valence-electron chi connectivity index (χ1n) is 12.1. The molecule has 0 bridgehead atoms. The molecule has 196 valence electrons. The number of carboxylic acid groups (broad SMARTS) is 1. The Labute approximate surface area is 239 Å². The summed E-state index contributed by atoms with van der Waals surface area (Å²) in [5.74, 6) is -0.187. The summed E-state index contributed by atoms with van der Waals surface area (Å²) in [4.78, 5) is 38.3. The van der Waals surface area contributed by atoms with Crippen LogP contribution in [0.3, 0.4) is 0 Å². The number of ether oxygens (including phenoxy) is 2. The van der Waals surface area contributed by atoms with Gasteiger partial charge in [-0.25, -0.2) is 4.79 Å². The number of amides is 2. The van der Waals surface area contributed by atoms with Crippen LogP contribution in [0.25, 0.3) is 6.08 Å². The molecule has 1 aliphatic heterocycles. The zero-order chi connectivity index (χ0) is 27.1. The Balaban J connectivity index is 1.45. The summed E-state index contributed by atoms with van der Waals surface area (Å²) in [7, 11) is 0. The van der Waals surface area contributed by atoms with Crippen molar-refractivity contribution in [2.45, 2.75) is 26.4 Å². The van der Waals surface area contributed by atoms with Gasteiger partial charge in [-0.15, -0.1) is 0 Å². The second-order valence-electron chi connectivity index (χ2n) is 8.48. The summed E-state index contributed by atoms with van der Waals surface area (Å²) in [5, 5.41) is 8.81. The van der Waals surface area contributed by atoms with Crippen molar-refractivity contribution in [1.29, 1.82) is 0 Å². The third kappa shape index (κ3) is 6.96. The number of imide groups is 1. The molecule has 4 rings (SSSR count). The van der Waals surface area contributed by atoms with Crippen LogP contribution in [-0.4, -0.2) is 40.3 Å². The summed E-state index contributed by atoms with van der Waals surface area (Å²) < 4.78 is 12.6. The number of carbonyl (C=O) groups is 3. The van der Waals surface area contributed by atoms with Gasteiger partial charge in [0.2, 0.25) is 0 Å². The fourth-order valence-corrected chi connectivity index (χ4v) is 5.55. The number of halogens is 1. The van der Waals surface area contributed by atoms with Crippen LogP contribution in [0.5, 0.6) is 11.5 Å². The largest absolute Gasteiger partial charge is 0.490 e. The zero-order valence-electron chi connectivity index (χ0n) is 20.7. The molecule has 0 saturated carbocycles. The Bertz CT molecular complexity index is 1360. The summed E-state index contributed by atoms with van der Waals surface area (Å²) in [6.07, 6.45) is 3.21. The zero-order valence-corrected chi connectivity index (χ0v) is 23.7. The molecule has 1 N–H and O–H groups in total. The van der Waals surface area contributed by atoms with Crippen molar-refractivity contribution in [3.8, 4) is 11.5 Å². The lowest BCUT2D eigenvalue weighted by Crippen LogP contribution is -2.29. The Morgan fingerprint density at radius 3 is 2.45 bits per heavy atom. The van der Waals surface area contributed by atoms with Gasteiger partial charge in [-0.05, 0) is 101 Å². The van der Waals surface area contributed by atoms with E-state index in [-0.39, 0.29) is 23.3 Å². The third-order valence-corrected chi connectivity index (χ3v) is 7.49. The second-order valence-corrected chi connectivity index (χ2v) is 10.6. The highest BCUT2D eigenvalue weighted by Gasteiger charge is 2.34. The van der Waals surface area contributed by atoms with Crippen LogP contribution >= 0.6 is 34.4 Å². The molecule has 7 nitrogen and oxygen atoms in total. The molecular weight excluding hydrogens is 617 g/mol. The van der Waals surface area contributed by atoms with E-state index in [4.69, 9.17) is 14.6 Å². The molecule has 0 atom stereocenters. The quantitative estimate of drug-likeness (QED) is 0.185. The number of carboxylic acids is 1. The Morgan fingerprint density at radius 2 is 1.76 bits per heavy atom. The number of carbonyl (C=O) groups excluding carboxylic acids is 2. The predicted octanol–water partition coefficient (Wildman–Crippen LogP) is 6.64. The number of rotatable bonds is 11. The topological polar surface area (TPSA) is 93.1 Å². The number of thioether (sulfide) groups is 1. The average Bonchev–Trinajstić information content (AvgIpc) is 3.16. The van der Waals surface area contributed by atoms with E-state index in [0.29, 0.717) is 36.0 Å². The minimum Gasteiger partial charge on any atom is -0.490 e. The van der Waals surface area contributed by atoms with Crippen molar-refractivity contribution < 1.29 is 29.0 Å². The van der Waals surface area contributed by atoms with Crippen molar-refractivity contribution in [3.05, 3.63) is 97.5 Å². The highest BCUT2D eigenvalue weighted by atomic mass is 127. The van der Waals surface area contributed by atoms with Crippen LogP contribution in [0.4, 0.5) is 4.79 Å². The van der Waals surface area contributed by atoms with Crippen LogP contribution in [0.15, 0.2) is 71.6 Å². The maximum Gasteiger partial charge on any atom is 0.335 e. The molecule has 1 aliphatic rings. The van der Waals surface area contributed by atoms with Gasteiger partial charge in [-0.1, -0.05) is 42.5 Å². The molecule has 3 aromatic carbocycles. The van der Waals surface area contributed by atoms with Crippen LogP contribution in [0.1, 0.15) is 40.4 Å². The van der Waals surface area contributed by atoms with Crippen LogP contribution in [0, 0.1) is 3.57 Å². The normalized spacial score (nSPS) is 14.3. The number of aryl methyl sites for hydroxylation is 1. The molecule has 0 aliphatic carbocycles. The van der Waals surface area contributed by atoms with Crippen molar-refractivity contribution in [2.24, 2.45) is 0 Å². The highest BCUT2D eigenvalue weighted by molar-refractivity contribution is 14.1. The Kier molecular flexibility index (Phi) is 9.46. The molecule has 2 amide bonds. The maximum atomic E-state index is 13.0. The van der Waals surface area contributed by atoms with E-state index in [2.05, 4.69) is 22.6 Å². The second kappa shape index (κ2) is 13.0. The van der Waals surface area contributed by atoms with E-state index < -0.39 is 5.97 Å². The van der Waals surface area contributed by atoms with Crippen LogP contribution < -0.4 is 9.47 Å². The Hall–Kier alpha value is -3.31. The maximum absolute atomic E-state index is 13.0. The molecular formula is C29H26INO6S. The summed E-state index contributed by atoms with van der Waals surface area (Å²) in [6, 6.07) is 20.1. The molecule has 0 radical (unpaired) electrons. The highest BCUT2D eigenvalue weighted by Crippen LogP contribution is 2.38. The standard InChI is InChI=1S/C29H26INO6S/c1-2-36-24-16-21(15-23(30)26(24)37-18-20-10-12-22(13-11-20)28(33)34)17-25-27(32)31(29(35)38-25)14-6-9-19-7-4-3-5-8-19/h3-5,7-8,10-13,15-17H,2,6,9,14,18H2,1H3,(H,33,34)/b25-17+. The van der Waals surface area contributed by atoms with Gasteiger partial charge >= 0.3 is 5.97 Å². The summed E-state index contributed by atoms with van der Waals surface area (Å²) in [5.41, 5.74) is 2.93. The monoisotopic (exact) mass is 643 g/mol. The molecule has 3 aromatic rings. The smallest absolute Gasteiger partial charge is 0.335 e. The lowest BCUT2D eigenvalue weighted by molar-refractivity contribution is -0.122. The molecule has 0 unspecified atom stereocenters. The van der Waals surface area contributed by atoms with Gasteiger partial charge in [-0.3, -0.25) is 14.5 Å². The predicted molar refractivity (Wildman–Crippen MR) is 156 cm³/mol. The average molecular weight is 643 g/mol. The van der Waals surface area contributed by atoms with Gasteiger partial charge in [0, 0.05) is 6.54 Å². The molecule has 1 fully saturated rings. The van der Waals surface area contributed by atoms with Gasteiger partial charge in [-0.2, -0.15) is 0 Å². The lowest BCUT2D eigenvalue weighted by atomic mass is 10.1. The van der Waals surface area contributed by atoms with Gasteiger partial charge in [0.15, 0.2) is 11.5 Å². The third-order valence-electron chi connectivity index (χ3n) is 5.78. The van der Waals surface area contributed by atoms with E-state index in [0.717, 1.165) is 32.9 Å². The molecule has 1 saturated heterocycles. The van der Waals surface area contributed by atoms with Gasteiger partial charge in [0.1, 0.15) is 6.61 Å². The van der Waals surface area contributed by atoms with Gasteiger partial charge in [0.05, 0.1) is 20.6 Å². The first-order valence-corrected chi connectivity index (χ1v) is 14.0.